The highest BCUT2D eigenvalue weighted by Gasteiger charge is 2.22. The van der Waals surface area contributed by atoms with Gasteiger partial charge in [-0.05, 0) is 61.8 Å². The van der Waals surface area contributed by atoms with Gasteiger partial charge in [0.1, 0.15) is 0 Å². The van der Waals surface area contributed by atoms with Gasteiger partial charge in [-0.15, -0.1) is 0 Å². The lowest BCUT2D eigenvalue weighted by molar-refractivity contribution is 0.0954. The van der Waals surface area contributed by atoms with Gasteiger partial charge in [0.05, 0.1) is 5.56 Å². The lowest BCUT2D eigenvalue weighted by Crippen LogP contribution is -2.39. The minimum atomic E-state index is -0.193. The maximum Gasteiger partial charge on any atom is 0.319 e. The fourth-order valence-corrected chi connectivity index (χ4v) is 4.98. The second-order valence-electron chi connectivity index (χ2n) is 9.83. The first-order chi connectivity index (χ1) is 16.6. The van der Waals surface area contributed by atoms with E-state index < -0.39 is 0 Å². The number of urea groups is 1. The largest absolute Gasteiger partial charge is 0.371 e. The van der Waals surface area contributed by atoms with Crippen molar-refractivity contribution >= 4 is 23.3 Å². The lowest BCUT2D eigenvalue weighted by atomic mass is 9.96. The third-order valence-electron chi connectivity index (χ3n) is 7.11. The fourth-order valence-electron chi connectivity index (χ4n) is 4.98. The highest BCUT2D eigenvalue weighted by Crippen LogP contribution is 2.29. The van der Waals surface area contributed by atoms with E-state index in [0.29, 0.717) is 23.7 Å². The summed E-state index contributed by atoms with van der Waals surface area (Å²) in [5, 5.41) is 9.13. The van der Waals surface area contributed by atoms with E-state index in [1.165, 1.54) is 24.8 Å². The molecule has 2 fully saturated rings. The van der Waals surface area contributed by atoms with Crippen molar-refractivity contribution in [3.8, 4) is 0 Å². The van der Waals surface area contributed by atoms with Crippen LogP contribution in [-0.4, -0.2) is 37.6 Å². The maximum absolute atomic E-state index is 13.3. The standard InChI is InChI=1S/C28H38N4O2/c1-21-15-18-32(19-16-21)26-13-12-24(31-28(34)30-23-10-6-3-7-11-23)20-25(26)27(33)29-17-14-22-8-4-2-5-9-22/h2,4-5,8-9,12-13,20-21,23H,3,6-7,10-11,14-19H2,1H3,(H,29,33)(H2,30,31,34). The second kappa shape index (κ2) is 11.9. The summed E-state index contributed by atoms with van der Waals surface area (Å²) >= 11 is 0. The van der Waals surface area contributed by atoms with Gasteiger partial charge in [0.25, 0.3) is 5.91 Å². The molecule has 3 amide bonds. The van der Waals surface area contributed by atoms with Gasteiger partial charge in [0, 0.05) is 37.1 Å². The van der Waals surface area contributed by atoms with E-state index in [9.17, 15) is 9.59 Å². The number of rotatable bonds is 7. The molecule has 1 saturated carbocycles. The summed E-state index contributed by atoms with van der Waals surface area (Å²) in [5.41, 5.74) is 3.42. The van der Waals surface area contributed by atoms with Crippen LogP contribution in [0.3, 0.4) is 0 Å². The number of nitrogens with zero attached hydrogens (tertiary/aromatic N) is 1. The zero-order valence-corrected chi connectivity index (χ0v) is 20.3. The number of benzene rings is 2. The Balaban J connectivity index is 1.44. The normalized spacial score (nSPS) is 17.3. The molecule has 2 aliphatic rings. The van der Waals surface area contributed by atoms with Crippen molar-refractivity contribution in [1.29, 1.82) is 0 Å². The predicted molar refractivity (Wildman–Crippen MR) is 139 cm³/mol. The topological polar surface area (TPSA) is 73.5 Å². The van der Waals surface area contributed by atoms with Crippen LogP contribution >= 0.6 is 0 Å². The number of nitrogens with one attached hydrogen (secondary N) is 3. The van der Waals surface area contributed by atoms with E-state index in [4.69, 9.17) is 0 Å². The van der Waals surface area contributed by atoms with Gasteiger partial charge in [-0.3, -0.25) is 4.79 Å². The average molecular weight is 463 g/mol. The Kier molecular flexibility index (Phi) is 8.45. The van der Waals surface area contributed by atoms with E-state index >= 15 is 0 Å². The number of hydrogen-bond donors (Lipinski definition) is 3. The molecule has 1 aliphatic heterocycles. The molecule has 1 aliphatic carbocycles. The molecule has 6 heteroatoms. The highest BCUT2D eigenvalue weighted by atomic mass is 16.2. The van der Waals surface area contributed by atoms with E-state index in [-0.39, 0.29) is 18.0 Å². The number of carbonyl (C=O) groups excluding carboxylic acids is 2. The molecule has 182 valence electrons. The monoisotopic (exact) mass is 462 g/mol. The SMILES string of the molecule is CC1CCN(c2ccc(NC(=O)NC3CCCCC3)cc2C(=O)NCCc2ccccc2)CC1. The van der Waals surface area contributed by atoms with Gasteiger partial charge in [-0.25, -0.2) is 4.79 Å². The molecule has 0 aromatic heterocycles. The van der Waals surface area contributed by atoms with Gasteiger partial charge in [-0.1, -0.05) is 56.5 Å². The molecule has 0 radical (unpaired) electrons. The summed E-state index contributed by atoms with van der Waals surface area (Å²) in [6.07, 6.45) is 8.69. The van der Waals surface area contributed by atoms with E-state index in [1.54, 1.807) is 0 Å². The number of anilines is 2. The first kappa shape index (κ1) is 24.1. The van der Waals surface area contributed by atoms with Crippen LogP contribution in [0.2, 0.25) is 0 Å². The molecule has 1 heterocycles. The first-order valence-electron chi connectivity index (χ1n) is 12.9. The Labute approximate surface area is 203 Å². The van der Waals surface area contributed by atoms with Crippen LogP contribution in [0.1, 0.15) is 67.8 Å². The smallest absolute Gasteiger partial charge is 0.319 e. The molecular weight excluding hydrogens is 424 g/mol. The third-order valence-corrected chi connectivity index (χ3v) is 7.11. The van der Waals surface area contributed by atoms with Crippen molar-refractivity contribution < 1.29 is 9.59 Å². The summed E-state index contributed by atoms with van der Waals surface area (Å²) in [6.45, 7) is 4.74. The van der Waals surface area contributed by atoms with E-state index in [0.717, 1.165) is 50.9 Å². The second-order valence-corrected chi connectivity index (χ2v) is 9.83. The van der Waals surface area contributed by atoms with Crippen LogP contribution in [0.15, 0.2) is 48.5 Å². The predicted octanol–water partition coefficient (Wildman–Crippen LogP) is 5.35. The zero-order valence-electron chi connectivity index (χ0n) is 20.3. The highest BCUT2D eigenvalue weighted by molar-refractivity contribution is 6.02. The van der Waals surface area contributed by atoms with Crippen molar-refractivity contribution in [2.24, 2.45) is 5.92 Å². The number of piperidine rings is 1. The molecule has 0 unspecified atom stereocenters. The maximum atomic E-state index is 13.3. The Bertz CT molecular complexity index is 948. The Morgan fingerprint density at radius 1 is 0.941 bits per heavy atom. The average Bonchev–Trinajstić information content (AvgIpc) is 2.86. The van der Waals surface area contributed by atoms with E-state index in [1.807, 2.05) is 36.4 Å². The summed E-state index contributed by atoms with van der Waals surface area (Å²) in [5.74, 6) is 0.615. The van der Waals surface area contributed by atoms with Crippen molar-refractivity contribution in [3.63, 3.8) is 0 Å². The van der Waals surface area contributed by atoms with Crippen molar-refractivity contribution in [2.75, 3.05) is 29.9 Å². The summed E-state index contributed by atoms with van der Waals surface area (Å²) in [4.78, 5) is 28.1. The molecule has 3 N–H and O–H groups in total. The third kappa shape index (κ3) is 6.75. The van der Waals surface area contributed by atoms with Crippen molar-refractivity contribution in [1.82, 2.24) is 10.6 Å². The molecule has 0 atom stereocenters. The number of amides is 3. The number of hydrogen-bond acceptors (Lipinski definition) is 3. The van der Waals surface area contributed by atoms with Gasteiger partial charge >= 0.3 is 6.03 Å². The molecule has 2 aromatic rings. The molecule has 34 heavy (non-hydrogen) atoms. The van der Waals surface area contributed by atoms with Crippen molar-refractivity contribution in [2.45, 2.75) is 64.3 Å². The van der Waals surface area contributed by atoms with Crippen LogP contribution in [0, 0.1) is 5.92 Å². The molecule has 4 rings (SSSR count). The van der Waals surface area contributed by atoms with Gasteiger partial charge in [-0.2, -0.15) is 0 Å². The van der Waals surface area contributed by atoms with Crippen LogP contribution in [0.4, 0.5) is 16.2 Å². The van der Waals surface area contributed by atoms with Crippen LogP contribution in [0.5, 0.6) is 0 Å². The zero-order chi connectivity index (χ0) is 23.8. The summed E-state index contributed by atoms with van der Waals surface area (Å²) < 4.78 is 0. The Morgan fingerprint density at radius 3 is 2.41 bits per heavy atom. The minimum Gasteiger partial charge on any atom is -0.371 e. The number of carbonyl (C=O) groups is 2. The molecule has 1 saturated heterocycles. The molecule has 0 spiro atoms. The Hall–Kier alpha value is -3.02. The van der Waals surface area contributed by atoms with E-state index in [2.05, 4.69) is 39.9 Å². The first-order valence-corrected chi connectivity index (χ1v) is 12.9. The lowest BCUT2D eigenvalue weighted by Gasteiger charge is -2.33. The van der Waals surface area contributed by atoms with Crippen LogP contribution in [0.25, 0.3) is 0 Å². The molecular formula is C28H38N4O2. The molecule has 0 bridgehead atoms. The van der Waals surface area contributed by atoms with Gasteiger partial charge in [0.2, 0.25) is 0 Å². The van der Waals surface area contributed by atoms with Crippen LogP contribution in [-0.2, 0) is 6.42 Å². The van der Waals surface area contributed by atoms with Gasteiger partial charge in [0.15, 0.2) is 0 Å². The fraction of sp³-hybridized carbons (Fsp3) is 0.500. The summed E-state index contributed by atoms with van der Waals surface area (Å²) in [6, 6.07) is 15.9. The van der Waals surface area contributed by atoms with Gasteiger partial charge < -0.3 is 20.9 Å². The summed E-state index contributed by atoms with van der Waals surface area (Å²) in [7, 11) is 0. The molecule has 2 aromatic carbocycles. The quantitative estimate of drug-likeness (QED) is 0.519. The minimum absolute atomic E-state index is 0.0964. The Morgan fingerprint density at radius 2 is 1.68 bits per heavy atom. The van der Waals surface area contributed by atoms with Crippen molar-refractivity contribution in [3.05, 3.63) is 59.7 Å². The van der Waals surface area contributed by atoms with Crippen LogP contribution < -0.4 is 20.9 Å². The molecule has 6 nitrogen and oxygen atoms in total.